The zero-order chi connectivity index (χ0) is 17.8. The van der Waals surface area contributed by atoms with Crippen LogP contribution in [0.15, 0.2) is 42.5 Å². The summed E-state index contributed by atoms with van der Waals surface area (Å²) in [5, 5.41) is 0. The Balaban J connectivity index is 1.81. The Morgan fingerprint density at radius 1 is 1.24 bits per heavy atom. The van der Waals surface area contributed by atoms with Gasteiger partial charge in [-0.2, -0.15) is 0 Å². The van der Waals surface area contributed by atoms with Crippen molar-refractivity contribution in [2.45, 2.75) is 26.0 Å². The van der Waals surface area contributed by atoms with Crippen molar-refractivity contribution in [3.8, 4) is 0 Å². The second-order valence-electron chi connectivity index (χ2n) is 6.21. The fourth-order valence-electron chi connectivity index (χ4n) is 3.16. The predicted molar refractivity (Wildman–Crippen MR) is 94.3 cm³/mol. The summed E-state index contributed by atoms with van der Waals surface area (Å²) in [7, 11) is 1.58. The summed E-state index contributed by atoms with van der Waals surface area (Å²) in [6.07, 6.45) is 0.829. The number of para-hydroxylation sites is 1. The van der Waals surface area contributed by atoms with Crippen molar-refractivity contribution in [2.75, 3.05) is 25.2 Å². The third-order valence-electron chi connectivity index (χ3n) is 4.41. The molecule has 0 fully saturated rings. The van der Waals surface area contributed by atoms with Gasteiger partial charge < -0.3 is 14.4 Å². The van der Waals surface area contributed by atoms with Crippen LogP contribution in [0.25, 0.3) is 0 Å². The monoisotopic (exact) mass is 343 g/mol. The highest BCUT2D eigenvalue weighted by atomic mass is 19.1. The maximum absolute atomic E-state index is 14.0. The summed E-state index contributed by atoms with van der Waals surface area (Å²) in [5.41, 5.74) is 2.94. The van der Waals surface area contributed by atoms with Crippen LogP contribution in [0.1, 0.15) is 28.4 Å². The Morgan fingerprint density at radius 3 is 2.84 bits per heavy atom. The molecule has 2 aromatic rings. The van der Waals surface area contributed by atoms with E-state index in [1.807, 2.05) is 31.2 Å². The van der Waals surface area contributed by atoms with E-state index in [2.05, 4.69) is 0 Å². The zero-order valence-corrected chi connectivity index (χ0v) is 14.5. The van der Waals surface area contributed by atoms with Crippen molar-refractivity contribution in [1.29, 1.82) is 0 Å². The SMILES string of the molecule is COCCOCc1cc(C(=O)N2c3ccccc3C[C@H]2C)ccc1F. The van der Waals surface area contributed by atoms with Gasteiger partial charge in [0.2, 0.25) is 0 Å². The number of fused-ring (bicyclic) bond motifs is 1. The first kappa shape index (κ1) is 17.6. The number of rotatable bonds is 6. The minimum absolute atomic E-state index is 0.0800. The Morgan fingerprint density at radius 2 is 2.04 bits per heavy atom. The first-order valence-corrected chi connectivity index (χ1v) is 8.38. The molecule has 1 heterocycles. The molecule has 5 heteroatoms. The highest BCUT2D eigenvalue weighted by Crippen LogP contribution is 2.33. The molecule has 0 aliphatic carbocycles. The number of hydrogen-bond donors (Lipinski definition) is 0. The van der Waals surface area contributed by atoms with Gasteiger partial charge in [-0.15, -0.1) is 0 Å². The lowest BCUT2D eigenvalue weighted by atomic mass is 10.1. The average Bonchev–Trinajstić information content (AvgIpc) is 2.95. The number of methoxy groups -OCH3 is 1. The third kappa shape index (κ3) is 3.72. The standard InChI is InChI=1S/C20H22FNO3/c1-14-11-15-5-3-4-6-19(15)22(14)20(23)16-7-8-18(21)17(12-16)13-25-10-9-24-2/h3-8,12,14H,9-11,13H2,1-2H3/t14-/m1/s1. The van der Waals surface area contributed by atoms with Crippen LogP contribution in [0.5, 0.6) is 0 Å². The van der Waals surface area contributed by atoms with Gasteiger partial charge in [0.1, 0.15) is 5.82 Å². The van der Waals surface area contributed by atoms with Crippen LogP contribution in [0, 0.1) is 5.82 Å². The number of nitrogens with zero attached hydrogens (tertiary/aromatic N) is 1. The summed E-state index contributed by atoms with van der Waals surface area (Å²) in [6, 6.07) is 12.4. The van der Waals surface area contributed by atoms with Gasteiger partial charge in [0.15, 0.2) is 0 Å². The van der Waals surface area contributed by atoms with E-state index in [1.165, 1.54) is 12.1 Å². The molecule has 25 heavy (non-hydrogen) atoms. The number of anilines is 1. The van der Waals surface area contributed by atoms with Crippen molar-refractivity contribution in [1.82, 2.24) is 0 Å². The van der Waals surface area contributed by atoms with E-state index in [0.717, 1.165) is 17.7 Å². The first-order valence-electron chi connectivity index (χ1n) is 8.38. The molecule has 0 unspecified atom stereocenters. The molecule has 3 rings (SSSR count). The van der Waals surface area contributed by atoms with Gasteiger partial charge in [0.25, 0.3) is 5.91 Å². The van der Waals surface area contributed by atoms with E-state index in [4.69, 9.17) is 9.47 Å². The Kier molecular flexibility index (Phi) is 5.46. The molecule has 0 N–H and O–H groups in total. The molecule has 0 saturated heterocycles. The first-order chi connectivity index (χ1) is 12.1. The van der Waals surface area contributed by atoms with E-state index in [1.54, 1.807) is 18.1 Å². The number of ether oxygens (including phenoxy) is 2. The normalized spacial score (nSPS) is 16.1. The van der Waals surface area contributed by atoms with Crippen molar-refractivity contribution in [3.05, 3.63) is 65.0 Å². The number of amides is 1. The molecular formula is C20H22FNO3. The number of halogens is 1. The summed E-state index contributed by atoms with van der Waals surface area (Å²) >= 11 is 0. The fourth-order valence-corrected chi connectivity index (χ4v) is 3.16. The summed E-state index contributed by atoms with van der Waals surface area (Å²) < 4.78 is 24.3. The van der Waals surface area contributed by atoms with Crippen molar-refractivity contribution in [3.63, 3.8) is 0 Å². The Labute approximate surface area is 147 Å². The van der Waals surface area contributed by atoms with Gasteiger partial charge in [0.05, 0.1) is 19.8 Å². The topological polar surface area (TPSA) is 38.8 Å². The number of carbonyl (C=O) groups excluding carboxylic acids is 1. The van der Waals surface area contributed by atoms with Gasteiger partial charge in [-0.25, -0.2) is 4.39 Å². The van der Waals surface area contributed by atoms with Gasteiger partial charge in [0, 0.05) is 30.0 Å². The van der Waals surface area contributed by atoms with Crippen LogP contribution >= 0.6 is 0 Å². The van der Waals surface area contributed by atoms with Gasteiger partial charge in [-0.3, -0.25) is 4.79 Å². The molecule has 0 saturated carbocycles. The lowest BCUT2D eigenvalue weighted by molar-refractivity contribution is 0.0604. The molecule has 1 aliphatic rings. The van der Waals surface area contributed by atoms with E-state index < -0.39 is 0 Å². The van der Waals surface area contributed by atoms with Crippen LogP contribution in [0.4, 0.5) is 10.1 Å². The molecule has 132 valence electrons. The van der Waals surface area contributed by atoms with Crippen molar-refractivity contribution < 1.29 is 18.7 Å². The predicted octanol–water partition coefficient (Wildman–Crippen LogP) is 3.58. The second kappa shape index (κ2) is 7.76. The Hall–Kier alpha value is -2.24. The second-order valence-corrected chi connectivity index (χ2v) is 6.21. The highest BCUT2D eigenvalue weighted by molar-refractivity contribution is 6.07. The average molecular weight is 343 g/mol. The zero-order valence-electron chi connectivity index (χ0n) is 14.5. The maximum Gasteiger partial charge on any atom is 0.258 e. The summed E-state index contributed by atoms with van der Waals surface area (Å²) in [6.45, 7) is 2.96. The molecule has 4 nitrogen and oxygen atoms in total. The molecule has 0 bridgehead atoms. The van der Waals surface area contributed by atoms with Crippen molar-refractivity contribution >= 4 is 11.6 Å². The molecule has 1 atom stereocenters. The molecular weight excluding hydrogens is 321 g/mol. The van der Waals surface area contributed by atoms with Crippen LogP contribution < -0.4 is 4.90 Å². The van der Waals surface area contributed by atoms with E-state index in [-0.39, 0.29) is 24.4 Å². The van der Waals surface area contributed by atoms with E-state index >= 15 is 0 Å². The third-order valence-corrected chi connectivity index (χ3v) is 4.41. The molecule has 1 aliphatic heterocycles. The molecule has 0 aromatic heterocycles. The summed E-state index contributed by atoms with van der Waals surface area (Å²) in [5.74, 6) is -0.487. The van der Waals surface area contributed by atoms with Crippen molar-refractivity contribution in [2.24, 2.45) is 0 Å². The number of benzene rings is 2. The van der Waals surface area contributed by atoms with Gasteiger partial charge >= 0.3 is 0 Å². The van der Waals surface area contributed by atoms with Gasteiger partial charge in [-0.05, 0) is 43.2 Å². The largest absolute Gasteiger partial charge is 0.382 e. The quantitative estimate of drug-likeness (QED) is 0.753. The minimum atomic E-state index is -0.371. The van der Waals surface area contributed by atoms with Gasteiger partial charge in [-0.1, -0.05) is 18.2 Å². The minimum Gasteiger partial charge on any atom is -0.382 e. The smallest absolute Gasteiger partial charge is 0.258 e. The lowest BCUT2D eigenvalue weighted by Crippen LogP contribution is -2.35. The van der Waals surface area contributed by atoms with Crippen LogP contribution in [-0.4, -0.2) is 32.3 Å². The lowest BCUT2D eigenvalue weighted by Gasteiger charge is -2.23. The molecule has 0 spiro atoms. The molecule has 2 aromatic carbocycles. The van der Waals surface area contributed by atoms with Crippen LogP contribution in [0.3, 0.4) is 0 Å². The van der Waals surface area contributed by atoms with E-state index in [9.17, 15) is 9.18 Å². The summed E-state index contributed by atoms with van der Waals surface area (Å²) in [4.78, 5) is 14.8. The number of carbonyl (C=O) groups is 1. The molecule has 0 radical (unpaired) electrons. The van der Waals surface area contributed by atoms with Crippen LogP contribution in [-0.2, 0) is 22.5 Å². The molecule has 1 amide bonds. The number of hydrogen-bond acceptors (Lipinski definition) is 3. The highest BCUT2D eigenvalue weighted by Gasteiger charge is 2.31. The van der Waals surface area contributed by atoms with E-state index in [0.29, 0.717) is 24.3 Å². The maximum atomic E-state index is 14.0. The fraction of sp³-hybridized carbons (Fsp3) is 0.350. The Bertz CT molecular complexity index is 762. The van der Waals surface area contributed by atoms with Crippen LogP contribution in [0.2, 0.25) is 0 Å².